The third-order valence-electron chi connectivity index (χ3n) is 3.05. The van der Waals surface area contributed by atoms with E-state index in [4.69, 9.17) is 4.74 Å². The van der Waals surface area contributed by atoms with Crippen molar-refractivity contribution < 1.29 is 19.3 Å². The van der Waals surface area contributed by atoms with Gasteiger partial charge in [0.15, 0.2) is 0 Å². The van der Waals surface area contributed by atoms with Crippen molar-refractivity contribution in [3.8, 4) is 0 Å². The Hall–Kier alpha value is -0.970. The summed E-state index contributed by atoms with van der Waals surface area (Å²) in [5.41, 5.74) is -0.543. The van der Waals surface area contributed by atoms with E-state index in [2.05, 4.69) is 0 Å². The van der Waals surface area contributed by atoms with Crippen molar-refractivity contribution in [2.45, 2.75) is 38.4 Å². The maximum atomic E-state index is 13.4. The number of hydrogen-bond donors (Lipinski definition) is 2. The van der Waals surface area contributed by atoms with Gasteiger partial charge in [-0.15, -0.1) is 0 Å². The molecule has 0 aliphatic rings. The Labute approximate surface area is 107 Å². The van der Waals surface area contributed by atoms with E-state index in [1.54, 1.807) is 18.2 Å². The molecule has 1 aromatic carbocycles. The molecule has 0 atom stereocenters. The summed E-state index contributed by atoms with van der Waals surface area (Å²) in [5, 5.41) is 18.7. The topological polar surface area (TPSA) is 49.7 Å². The van der Waals surface area contributed by atoms with Crippen molar-refractivity contribution in [2.75, 3.05) is 13.2 Å². The molecule has 0 saturated heterocycles. The molecule has 0 aromatic heterocycles. The molecule has 0 fully saturated rings. The fraction of sp³-hybridized carbons (Fsp3) is 0.571. The summed E-state index contributed by atoms with van der Waals surface area (Å²) in [6, 6.07) is 6.34. The van der Waals surface area contributed by atoms with E-state index < -0.39 is 5.60 Å². The van der Waals surface area contributed by atoms with Crippen LogP contribution in [0.5, 0.6) is 0 Å². The van der Waals surface area contributed by atoms with Gasteiger partial charge in [0, 0.05) is 5.56 Å². The largest absolute Gasteiger partial charge is 0.393 e. The minimum absolute atomic E-state index is 0.0531. The average molecular weight is 256 g/mol. The maximum absolute atomic E-state index is 13.4. The minimum Gasteiger partial charge on any atom is -0.393 e. The molecule has 0 bridgehead atoms. The van der Waals surface area contributed by atoms with Crippen LogP contribution < -0.4 is 0 Å². The number of aliphatic hydroxyl groups is 2. The Morgan fingerprint density at radius 3 is 2.44 bits per heavy atom. The number of benzene rings is 1. The summed E-state index contributed by atoms with van der Waals surface area (Å²) in [4.78, 5) is 0. The maximum Gasteiger partial charge on any atom is 0.128 e. The quantitative estimate of drug-likeness (QED) is 0.750. The number of ether oxygens (including phenoxy) is 1. The van der Waals surface area contributed by atoms with Crippen molar-refractivity contribution in [1.82, 2.24) is 0 Å². The monoisotopic (exact) mass is 256 g/mol. The second-order valence-electron chi connectivity index (χ2n) is 4.48. The Morgan fingerprint density at radius 1 is 1.22 bits per heavy atom. The molecule has 2 N–H and O–H groups in total. The zero-order valence-corrected chi connectivity index (χ0v) is 10.7. The molecular weight excluding hydrogens is 235 g/mol. The molecule has 0 unspecified atom stereocenters. The molecule has 0 saturated carbocycles. The Balaban J connectivity index is 2.64. The lowest BCUT2D eigenvalue weighted by atomic mass is 9.98. The summed E-state index contributed by atoms with van der Waals surface area (Å²) in [5.74, 6) is -0.335. The standard InChI is InChI=1S/C14H21FO3/c1-2-3-8-14(10-16,11-17)18-9-12-6-4-5-7-13(12)15/h4-7,16-17H,2-3,8-11H2,1H3. The van der Waals surface area contributed by atoms with E-state index in [1.807, 2.05) is 6.92 Å². The number of rotatable bonds is 8. The van der Waals surface area contributed by atoms with Crippen LogP contribution in [0.3, 0.4) is 0 Å². The van der Waals surface area contributed by atoms with Gasteiger partial charge in [0.25, 0.3) is 0 Å². The van der Waals surface area contributed by atoms with Crippen LogP contribution >= 0.6 is 0 Å². The molecule has 0 spiro atoms. The highest BCUT2D eigenvalue weighted by Gasteiger charge is 2.29. The zero-order valence-electron chi connectivity index (χ0n) is 10.7. The highest BCUT2D eigenvalue weighted by molar-refractivity contribution is 5.16. The molecule has 0 radical (unpaired) electrons. The number of halogens is 1. The van der Waals surface area contributed by atoms with Crippen molar-refractivity contribution >= 4 is 0 Å². The Bertz CT molecular complexity index is 351. The van der Waals surface area contributed by atoms with Crippen LogP contribution in [-0.4, -0.2) is 29.0 Å². The van der Waals surface area contributed by atoms with Crippen LogP contribution in [0.1, 0.15) is 31.7 Å². The SMILES string of the molecule is CCCCC(CO)(CO)OCc1ccccc1F. The average Bonchev–Trinajstić information content (AvgIpc) is 2.41. The van der Waals surface area contributed by atoms with Gasteiger partial charge in [-0.1, -0.05) is 38.0 Å². The lowest BCUT2D eigenvalue weighted by Crippen LogP contribution is -2.40. The summed E-state index contributed by atoms with van der Waals surface area (Å²) < 4.78 is 19.0. The molecule has 3 nitrogen and oxygen atoms in total. The summed E-state index contributed by atoms with van der Waals surface area (Å²) >= 11 is 0. The Morgan fingerprint density at radius 2 is 1.89 bits per heavy atom. The van der Waals surface area contributed by atoms with Gasteiger partial charge in [-0.2, -0.15) is 0 Å². The van der Waals surface area contributed by atoms with E-state index >= 15 is 0 Å². The second kappa shape index (κ2) is 7.46. The van der Waals surface area contributed by atoms with Gasteiger partial charge in [-0.3, -0.25) is 0 Å². The second-order valence-corrected chi connectivity index (χ2v) is 4.48. The third kappa shape index (κ3) is 4.05. The Kier molecular flexibility index (Phi) is 6.25. The summed E-state index contributed by atoms with van der Waals surface area (Å²) in [7, 11) is 0. The molecule has 1 rings (SSSR count). The van der Waals surface area contributed by atoms with Gasteiger partial charge < -0.3 is 14.9 Å². The summed E-state index contributed by atoms with van der Waals surface area (Å²) in [6.45, 7) is 1.55. The molecule has 4 heteroatoms. The van der Waals surface area contributed by atoms with Crippen LogP contribution in [0.15, 0.2) is 24.3 Å². The third-order valence-corrected chi connectivity index (χ3v) is 3.05. The highest BCUT2D eigenvalue weighted by Crippen LogP contribution is 2.21. The lowest BCUT2D eigenvalue weighted by molar-refractivity contribution is -0.122. The van der Waals surface area contributed by atoms with E-state index in [-0.39, 0.29) is 25.6 Å². The van der Waals surface area contributed by atoms with E-state index in [9.17, 15) is 14.6 Å². The van der Waals surface area contributed by atoms with Gasteiger partial charge in [0.1, 0.15) is 11.4 Å². The van der Waals surface area contributed by atoms with Gasteiger partial charge >= 0.3 is 0 Å². The fourth-order valence-corrected chi connectivity index (χ4v) is 1.72. The zero-order chi connectivity index (χ0) is 13.4. The number of aliphatic hydroxyl groups excluding tert-OH is 2. The molecule has 0 heterocycles. The van der Waals surface area contributed by atoms with Crippen LogP contribution in [-0.2, 0) is 11.3 Å². The predicted octanol–water partition coefficient (Wildman–Crippen LogP) is 2.26. The highest BCUT2D eigenvalue weighted by atomic mass is 19.1. The number of unbranched alkanes of at least 4 members (excludes halogenated alkanes) is 1. The molecule has 102 valence electrons. The first kappa shape index (κ1) is 15.1. The van der Waals surface area contributed by atoms with Crippen molar-refractivity contribution in [1.29, 1.82) is 0 Å². The molecule has 0 aliphatic carbocycles. The molecule has 0 aliphatic heterocycles. The van der Waals surface area contributed by atoms with Crippen molar-refractivity contribution in [3.63, 3.8) is 0 Å². The van der Waals surface area contributed by atoms with Crippen LogP contribution in [0, 0.1) is 5.82 Å². The van der Waals surface area contributed by atoms with Crippen LogP contribution in [0.25, 0.3) is 0 Å². The molecule has 0 amide bonds. The van der Waals surface area contributed by atoms with Gasteiger partial charge in [-0.25, -0.2) is 4.39 Å². The van der Waals surface area contributed by atoms with Gasteiger partial charge in [0.2, 0.25) is 0 Å². The first-order chi connectivity index (χ1) is 8.67. The van der Waals surface area contributed by atoms with E-state index in [1.165, 1.54) is 6.07 Å². The number of hydrogen-bond acceptors (Lipinski definition) is 3. The van der Waals surface area contributed by atoms with Gasteiger partial charge in [-0.05, 0) is 12.5 Å². The lowest BCUT2D eigenvalue weighted by Gasteiger charge is -2.30. The smallest absolute Gasteiger partial charge is 0.128 e. The van der Waals surface area contributed by atoms with Crippen LogP contribution in [0.4, 0.5) is 4.39 Å². The van der Waals surface area contributed by atoms with Crippen LogP contribution in [0.2, 0.25) is 0 Å². The minimum atomic E-state index is -0.974. The summed E-state index contributed by atoms with van der Waals surface area (Å²) in [6.07, 6.45) is 2.36. The predicted molar refractivity (Wildman–Crippen MR) is 67.6 cm³/mol. The fourth-order valence-electron chi connectivity index (χ4n) is 1.72. The molecule has 1 aromatic rings. The molecular formula is C14H21FO3. The van der Waals surface area contributed by atoms with E-state index in [0.717, 1.165) is 12.8 Å². The molecule has 18 heavy (non-hydrogen) atoms. The first-order valence-electron chi connectivity index (χ1n) is 6.26. The van der Waals surface area contributed by atoms with Gasteiger partial charge in [0.05, 0.1) is 19.8 Å². The normalized spacial score (nSPS) is 11.8. The first-order valence-corrected chi connectivity index (χ1v) is 6.26. The van der Waals surface area contributed by atoms with Crippen molar-refractivity contribution in [3.05, 3.63) is 35.6 Å². The van der Waals surface area contributed by atoms with Crippen molar-refractivity contribution in [2.24, 2.45) is 0 Å². The van der Waals surface area contributed by atoms with E-state index in [0.29, 0.717) is 12.0 Å².